The van der Waals surface area contributed by atoms with Gasteiger partial charge in [0.05, 0.1) is 23.1 Å². The van der Waals surface area contributed by atoms with E-state index in [1.165, 1.54) is 61.3 Å². The van der Waals surface area contributed by atoms with Crippen molar-refractivity contribution in [3.05, 3.63) is 129 Å². The van der Waals surface area contributed by atoms with Gasteiger partial charge in [0.15, 0.2) is 11.9 Å². The van der Waals surface area contributed by atoms with Crippen LogP contribution in [0.1, 0.15) is 115 Å². The first kappa shape index (κ1) is 44.8. The molecule has 0 spiro atoms. The molecule has 0 saturated carbocycles. The molecule has 0 saturated heterocycles. The van der Waals surface area contributed by atoms with Crippen LogP contribution in [0.5, 0.6) is 5.75 Å². The van der Waals surface area contributed by atoms with Crippen molar-refractivity contribution >= 4 is 47.2 Å². The average Bonchev–Trinajstić information content (AvgIpc) is 3.73. The van der Waals surface area contributed by atoms with E-state index in [1.54, 1.807) is 36.5 Å². The molecular weight excluding hydrogens is 751 g/mol. The molecule has 4 N–H and O–H groups in total. The van der Waals surface area contributed by atoms with Crippen molar-refractivity contribution in [3.8, 4) is 11.8 Å². The number of nitriles is 1. The van der Waals surface area contributed by atoms with Gasteiger partial charge in [0, 0.05) is 23.1 Å². The number of hydrogen-bond donors (Lipinski definition) is 4. The van der Waals surface area contributed by atoms with Crippen LogP contribution in [0.15, 0.2) is 101 Å². The number of aliphatic carboxylic acids is 1. The fourth-order valence-corrected chi connectivity index (χ4v) is 6.92. The highest BCUT2D eigenvalue weighted by atomic mass is 32.1. The average molecular weight is 804 g/mol. The number of aliphatic imine (C=N–C) groups is 2. The molecule has 58 heavy (non-hydrogen) atoms. The molecule has 0 radical (unpaired) electrons. The zero-order valence-corrected chi connectivity index (χ0v) is 34.6. The summed E-state index contributed by atoms with van der Waals surface area (Å²) in [5, 5.41) is 35.4. The Kier molecular flexibility index (Phi) is 16.7. The number of carbonyl (C=O) groups excluding carboxylic acids is 2. The first-order valence-corrected chi connectivity index (χ1v) is 20.2. The molecule has 12 heteroatoms. The Bertz CT molecular complexity index is 2110. The number of ether oxygens (including phenoxy) is 1. The molecule has 2 amide bonds. The fraction of sp³-hybridized carbons (Fsp3) is 0.348. The van der Waals surface area contributed by atoms with Gasteiger partial charge < -0.3 is 25.6 Å². The summed E-state index contributed by atoms with van der Waals surface area (Å²) in [4.78, 5) is 49.8. The van der Waals surface area contributed by atoms with Crippen LogP contribution in [-0.2, 0) is 21.4 Å². The number of hydrogen-bond acceptors (Lipinski definition) is 8. The van der Waals surface area contributed by atoms with Crippen LogP contribution in [-0.4, -0.2) is 59.2 Å². The minimum Gasteiger partial charge on any atom is -0.494 e. The number of nitrogens with one attached hydrogen (secondary N) is 2. The molecule has 1 aromatic heterocycles. The predicted molar refractivity (Wildman–Crippen MR) is 231 cm³/mol. The summed E-state index contributed by atoms with van der Waals surface area (Å²) in [6.45, 7) is 14.7. The lowest BCUT2D eigenvalue weighted by atomic mass is 9.95. The second-order valence-electron chi connectivity index (χ2n) is 15.1. The molecule has 0 aliphatic carbocycles. The number of rotatable bonds is 19. The maximum Gasteiger partial charge on any atom is 0.329 e. The van der Waals surface area contributed by atoms with E-state index < -0.39 is 36.0 Å². The smallest absolute Gasteiger partial charge is 0.329 e. The van der Waals surface area contributed by atoms with Crippen LogP contribution in [0.25, 0.3) is 5.57 Å². The van der Waals surface area contributed by atoms with Crippen LogP contribution in [0.2, 0.25) is 0 Å². The maximum absolute atomic E-state index is 13.8. The lowest BCUT2D eigenvalue weighted by Crippen LogP contribution is -2.54. The van der Waals surface area contributed by atoms with Crippen molar-refractivity contribution in [1.82, 2.24) is 10.6 Å². The van der Waals surface area contributed by atoms with E-state index in [1.807, 2.05) is 64.1 Å². The molecular formula is C46H53N5O6S. The van der Waals surface area contributed by atoms with Gasteiger partial charge in [-0.05, 0) is 84.1 Å². The first-order chi connectivity index (χ1) is 27.7. The van der Waals surface area contributed by atoms with Crippen molar-refractivity contribution in [3.63, 3.8) is 0 Å². The second-order valence-corrected chi connectivity index (χ2v) is 16.1. The SMILES string of the molecule is C=N/C(=N\C=C(/C)c1ccc(OCCCCCCC)cc1)c1ccc(C[C@H](NC(=O)c2ccc(C(C)(C)C)s2)C(=O)NC(C(=O)O)C(O)c2ccc(C#N)cc2)cc1. The van der Waals surface area contributed by atoms with Crippen LogP contribution in [0.4, 0.5) is 0 Å². The van der Waals surface area contributed by atoms with Crippen LogP contribution < -0.4 is 15.4 Å². The predicted octanol–water partition coefficient (Wildman–Crippen LogP) is 8.42. The van der Waals surface area contributed by atoms with Gasteiger partial charge in [0.2, 0.25) is 5.91 Å². The molecule has 1 heterocycles. The number of carbonyl (C=O) groups is 3. The third kappa shape index (κ3) is 13.1. The molecule has 2 unspecified atom stereocenters. The Hall–Kier alpha value is -5.90. The van der Waals surface area contributed by atoms with Crippen molar-refractivity contribution < 1.29 is 29.3 Å². The Morgan fingerprint density at radius 3 is 2.16 bits per heavy atom. The number of thiophene rings is 1. The third-order valence-electron chi connectivity index (χ3n) is 9.46. The van der Waals surface area contributed by atoms with E-state index in [-0.39, 0.29) is 17.4 Å². The van der Waals surface area contributed by atoms with Gasteiger partial charge in [-0.3, -0.25) is 9.59 Å². The summed E-state index contributed by atoms with van der Waals surface area (Å²) in [5.41, 5.74) is 3.55. The van der Waals surface area contributed by atoms with Gasteiger partial charge in [0.25, 0.3) is 5.91 Å². The number of benzene rings is 3. The monoisotopic (exact) mass is 803 g/mol. The number of carboxylic acids is 1. The van der Waals surface area contributed by atoms with Gasteiger partial charge in [0.1, 0.15) is 17.9 Å². The quantitative estimate of drug-likeness (QED) is 0.0418. The minimum atomic E-state index is -1.75. The third-order valence-corrected chi connectivity index (χ3v) is 11.0. The Morgan fingerprint density at radius 2 is 1.57 bits per heavy atom. The Labute approximate surface area is 345 Å². The molecule has 0 aliphatic heterocycles. The molecule has 4 aromatic rings. The summed E-state index contributed by atoms with van der Waals surface area (Å²) < 4.78 is 5.90. The maximum atomic E-state index is 13.8. The summed E-state index contributed by atoms with van der Waals surface area (Å²) in [7, 11) is 0. The summed E-state index contributed by atoms with van der Waals surface area (Å²) in [5.74, 6) is -1.57. The van der Waals surface area contributed by atoms with E-state index in [0.29, 0.717) is 34.0 Å². The number of aliphatic hydroxyl groups is 1. The zero-order valence-electron chi connectivity index (χ0n) is 33.8. The largest absolute Gasteiger partial charge is 0.494 e. The number of amidine groups is 1. The molecule has 3 aromatic carbocycles. The number of unbranched alkanes of at least 4 members (excludes halogenated alkanes) is 4. The van der Waals surface area contributed by atoms with Crippen LogP contribution in [0.3, 0.4) is 0 Å². The van der Waals surface area contributed by atoms with Crippen molar-refractivity contribution in [2.24, 2.45) is 9.98 Å². The minimum absolute atomic E-state index is 0.000227. The molecule has 0 fully saturated rings. The number of allylic oxidation sites excluding steroid dienone is 1. The number of nitrogens with zero attached hydrogens (tertiary/aromatic N) is 3. The second kappa shape index (κ2) is 21.6. The van der Waals surface area contributed by atoms with Crippen molar-refractivity contribution in [1.29, 1.82) is 5.26 Å². The van der Waals surface area contributed by atoms with Gasteiger partial charge in [-0.15, -0.1) is 11.3 Å². The highest BCUT2D eigenvalue weighted by Gasteiger charge is 2.33. The lowest BCUT2D eigenvalue weighted by Gasteiger charge is -2.24. The molecule has 4 rings (SSSR count). The first-order valence-electron chi connectivity index (χ1n) is 19.4. The van der Waals surface area contributed by atoms with E-state index in [0.717, 1.165) is 28.2 Å². The van der Waals surface area contributed by atoms with Gasteiger partial charge in [-0.25, -0.2) is 14.8 Å². The lowest BCUT2D eigenvalue weighted by molar-refractivity contribution is -0.145. The fourth-order valence-electron chi connectivity index (χ4n) is 5.95. The summed E-state index contributed by atoms with van der Waals surface area (Å²) in [6.07, 6.45) is 5.99. The molecule has 3 atom stereocenters. The van der Waals surface area contributed by atoms with Gasteiger partial charge in [-0.1, -0.05) is 102 Å². The van der Waals surface area contributed by atoms with E-state index >= 15 is 0 Å². The van der Waals surface area contributed by atoms with Gasteiger partial charge in [-0.2, -0.15) is 5.26 Å². The van der Waals surface area contributed by atoms with Crippen LogP contribution in [0, 0.1) is 11.3 Å². The van der Waals surface area contributed by atoms with Gasteiger partial charge >= 0.3 is 5.97 Å². The zero-order chi connectivity index (χ0) is 42.2. The topological polar surface area (TPSA) is 173 Å². The van der Waals surface area contributed by atoms with Crippen molar-refractivity contribution in [2.45, 2.75) is 96.7 Å². The number of amides is 2. The number of aliphatic hydroxyl groups excluding tert-OH is 1. The highest BCUT2D eigenvalue weighted by molar-refractivity contribution is 7.14. The standard InChI is InChI=1S/C46H53N5O6S/c1-7-8-9-10-11-26-57-36-22-20-33(21-23-36)30(2)29-49-42(48-6)35-18-12-31(13-19-35)27-37(50-44(54)38-24-25-39(58-38)46(3,4)5)43(53)51-40(45(55)56)41(52)34-16-14-32(28-47)15-17-34/h12-25,29,37,40-41,52H,6-11,26-27H2,1-5H3,(H,50,54)(H,51,53)(H,55,56)/b30-29+,49-42-/t37-,40?,41?/m0/s1. The Morgan fingerprint density at radius 1 is 0.914 bits per heavy atom. The normalized spacial score (nSPS) is 13.5. The van der Waals surface area contributed by atoms with E-state index in [2.05, 4.69) is 34.3 Å². The molecule has 11 nitrogen and oxygen atoms in total. The van der Waals surface area contributed by atoms with Crippen molar-refractivity contribution in [2.75, 3.05) is 6.61 Å². The molecule has 304 valence electrons. The Balaban J connectivity index is 1.50. The van der Waals surface area contributed by atoms with Crippen LogP contribution >= 0.6 is 11.3 Å². The molecule has 0 bridgehead atoms. The summed E-state index contributed by atoms with van der Waals surface area (Å²) >= 11 is 1.31. The highest BCUT2D eigenvalue weighted by Crippen LogP contribution is 2.29. The summed E-state index contributed by atoms with van der Waals surface area (Å²) in [6, 6.07) is 23.3. The van der Waals surface area contributed by atoms with E-state index in [9.17, 15) is 24.6 Å². The molecule has 0 aliphatic rings. The number of carboxylic acid groups (broad SMARTS) is 1. The van der Waals surface area contributed by atoms with E-state index in [4.69, 9.17) is 10.00 Å².